The van der Waals surface area contributed by atoms with E-state index >= 15 is 0 Å². The Balaban J connectivity index is 0.00000261. The fourth-order valence-corrected chi connectivity index (χ4v) is 4.05. The van der Waals surface area contributed by atoms with Gasteiger partial charge in [-0.2, -0.15) is 0 Å². The van der Waals surface area contributed by atoms with Crippen molar-refractivity contribution in [2.45, 2.75) is 32.1 Å². The molecule has 0 radical (unpaired) electrons. The molecule has 1 aliphatic carbocycles. The fraction of sp³-hybridized carbons (Fsp3) is 0.550. The lowest BCUT2D eigenvalue weighted by Gasteiger charge is -2.24. The van der Waals surface area contributed by atoms with Crippen LogP contribution >= 0.6 is 12.4 Å². The number of nitrogens with two attached hydrogens (primary N) is 1. The normalized spacial score (nSPS) is 21.6. The number of rotatable bonds is 7. The molecule has 2 aliphatic rings. The number of carbonyl (C=O) groups excluding carboxylic acids is 3. The number of benzene rings is 1. The Morgan fingerprint density at radius 2 is 1.63 bits per heavy atom. The van der Waals surface area contributed by atoms with E-state index in [0.29, 0.717) is 19.6 Å². The average Bonchev–Trinajstić information content (AvgIpc) is 2.91. The molecule has 1 aromatic carbocycles. The van der Waals surface area contributed by atoms with E-state index in [4.69, 9.17) is 5.73 Å². The van der Waals surface area contributed by atoms with Crippen molar-refractivity contribution in [1.29, 1.82) is 0 Å². The summed E-state index contributed by atoms with van der Waals surface area (Å²) in [4.78, 5) is 40.7. The maximum atomic E-state index is 12.7. The molecule has 3 amide bonds. The molecule has 7 heteroatoms. The lowest BCUT2D eigenvalue weighted by Crippen LogP contribution is -2.45. The van der Waals surface area contributed by atoms with Gasteiger partial charge in [-0.05, 0) is 24.8 Å². The van der Waals surface area contributed by atoms with Crippen molar-refractivity contribution >= 4 is 30.1 Å². The van der Waals surface area contributed by atoms with Gasteiger partial charge in [-0.3, -0.25) is 19.3 Å². The van der Waals surface area contributed by atoms with Crippen molar-refractivity contribution in [1.82, 2.24) is 9.80 Å². The van der Waals surface area contributed by atoms with Gasteiger partial charge in [0.15, 0.2) is 0 Å². The first-order valence-electron chi connectivity index (χ1n) is 9.49. The summed E-state index contributed by atoms with van der Waals surface area (Å²) in [5, 5.41) is 0. The summed E-state index contributed by atoms with van der Waals surface area (Å²) in [6.07, 6.45) is 4.22. The first-order chi connectivity index (χ1) is 12.6. The number of imide groups is 1. The van der Waals surface area contributed by atoms with Gasteiger partial charge < -0.3 is 10.6 Å². The molecular weight excluding hydrogens is 366 g/mol. The van der Waals surface area contributed by atoms with Crippen molar-refractivity contribution in [3.63, 3.8) is 0 Å². The van der Waals surface area contributed by atoms with Crippen molar-refractivity contribution in [3.05, 3.63) is 35.9 Å². The van der Waals surface area contributed by atoms with Crippen LogP contribution in [0.3, 0.4) is 0 Å². The monoisotopic (exact) mass is 393 g/mol. The van der Waals surface area contributed by atoms with Crippen LogP contribution < -0.4 is 5.73 Å². The molecule has 2 atom stereocenters. The molecule has 1 saturated carbocycles. The third-order valence-electron chi connectivity index (χ3n) is 5.49. The first kappa shape index (κ1) is 21.4. The van der Waals surface area contributed by atoms with E-state index in [9.17, 15) is 14.4 Å². The third kappa shape index (κ3) is 4.87. The van der Waals surface area contributed by atoms with E-state index in [1.54, 1.807) is 4.90 Å². The van der Waals surface area contributed by atoms with Crippen molar-refractivity contribution in [3.8, 4) is 0 Å². The van der Waals surface area contributed by atoms with Crippen LogP contribution in [-0.2, 0) is 20.8 Å². The number of hydrogen-bond acceptors (Lipinski definition) is 4. The summed E-state index contributed by atoms with van der Waals surface area (Å²) >= 11 is 0. The maximum Gasteiger partial charge on any atom is 0.242 e. The SMILES string of the molecule is Cl.NCCN(CCc1ccccc1)C(=O)CN1C(=O)C2CCCCC2C1=O. The predicted molar refractivity (Wildman–Crippen MR) is 105 cm³/mol. The number of hydrogen-bond donors (Lipinski definition) is 1. The standard InChI is InChI=1S/C20H27N3O3.ClH/c21-11-13-22(12-10-15-6-2-1-3-7-15)18(24)14-23-19(25)16-8-4-5-9-17(16)20(23)26;/h1-3,6-7,16-17H,4-5,8-14,21H2;1H. The van der Waals surface area contributed by atoms with Crippen LogP contribution in [-0.4, -0.2) is 53.7 Å². The highest BCUT2D eigenvalue weighted by Gasteiger charge is 2.48. The van der Waals surface area contributed by atoms with E-state index in [2.05, 4.69) is 0 Å². The Labute approximate surface area is 166 Å². The zero-order chi connectivity index (χ0) is 18.5. The number of halogens is 1. The Kier molecular flexibility index (Phi) is 7.80. The Morgan fingerprint density at radius 1 is 1.04 bits per heavy atom. The highest BCUT2D eigenvalue weighted by molar-refractivity contribution is 6.07. The van der Waals surface area contributed by atoms with Crippen LogP contribution in [0.1, 0.15) is 31.2 Å². The van der Waals surface area contributed by atoms with Gasteiger partial charge >= 0.3 is 0 Å². The summed E-state index contributed by atoms with van der Waals surface area (Å²) in [5.41, 5.74) is 6.79. The average molecular weight is 394 g/mol. The molecule has 1 aliphatic heterocycles. The molecule has 27 heavy (non-hydrogen) atoms. The fourth-order valence-electron chi connectivity index (χ4n) is 4.05. The molecule has 1 aromatic rings. The zero-order valence-electron chi connectivity index (χ0n) is 15.5. The second-order valence-corrected chi connectivity index (χ2v) is 7.17. The van der Waals surface area contributed by atoms with Crippen LogP contribution in [0.4, 0.5) is 0 Å². The van der Waals surface area contributed by atoms with E-state index in [0.717, 1.165) is 37.7 Å². The summed E-state index contributed by atoms with van der Waals surface area (Å²) in [6, 6.07) is 9.92. The van der Waals surface area contributed by atoms with E-state index in [1.165, 1.54) is 4.90 Å². The lowest BCUT2D eigenvalue weighted by atomic mass is 9.81. The largest absolute Gasteiger partial charge is 0.340 e. The lowest BCUT2D eigenvalue weighted by molar-refractivity contribution is -0.146. The second kappa shape index (κ2) is 9.85. The number of fused-ring (bicyclic) bond motifs is 1. The molecule has 2 fully saturated rings. The van der Waals surface area contributed by atoms with Crippen LogP contribution in [0.25, 0.3) is 0 Å². The topological polar surface area (TPSA) is 83.7 Å². The third-order valence-corrected chi connectivity index (χ3v) is 5.49. The number of carbonyl (C=O) groups is 3. The van der Waals surface area contributed by atoms with Crippen LogP contribution in [0.5, 0.6) is 0 Å². The van der Waals surface area contributed by atoms with Gasteiger partial charge in [-0.15, -0.1) is 12.4 Å². The van der Waals surface area contributed by atoms with E-state index in [-0.39, 0.29) is 48.5 Å². The van der Waals surface area contributed by atoms with Crippen molar-refractivity contribution < 1.29 is 14.4 Å². The summed E-state index contributed by atoms with van der Waals surface area (Å²) in [6.45, 7) is 1.16. The van der Waals surface area contributed by atoms with E-state index in [1.807, 2.05) is 30.3 Å². The first-order valence-corrected chi connectivity index (χ1v) is 9.49. The zero-order valence-corrected chi connectivity index (χ0v) is 16.3. The molecule has 2 unspecified atom stereocenters. The molecule has 3 rings (SSSR count). The highest BCUT2D eigenvalue weighted by Crippen LogP contribution is 2.37. The number of amides is 3. The minimum absolute atomic E-state index is 0. The molecule has 1 saturated heterocycles. The van der Waals surface area contributed by atoms with Gasteiger partial charge in [0.1, 0.15) is 6.54 Å². The summed E-state index contributed by atoms with van der Waals surface area (Å²) < 4.78 is 0. The van der Waals surface area contributed by atoms with Crippen molar-refractivity contribution in [2.24, 2.45) is 17.6 Å². The quantitative estimate of drug-likeness (QED) is 0.713. The van der Waals surface area contributed by atoms with Gasteiger partial charge in [-0.1, -0.05) is 43.2 Å². The maximum absolute atomic E-state index is 12.7. The smallest absolute Gasteiger partial charge is 0.242 e. The highest BCUT2D eigenvalue weighted by atomic mass is 35.5. The molecule has 6 nitrogen and oxygen atoms in total. The Bertz CT molecular complexity index is 644. The summed E-state index contributed by atoms with van der Waals surface area (Å²) in [7, 11) is 0. The van der Waals surface area contributed by atoms with Crippen LogP contribution in [0.15, 0.2) is 30.3 Å². The molecule has 148 valence electrons. The van der Waals surface area contributed by atoms with Crippen LogP contribution in [0, 0.1) is 11.8 Å². The molecule has 0 aromatic heterocycles. The van der Waals surface area contributed by atoms with Gasteiger partial charge in [0.25, 0.3) is 0 Å². The molecule has 0 bridgehead atoms. The Morgan fingerprint density at radius 3 is 2.19 bits per heavy atom. The number of nitrogens with zero attached hydrogens (tertiary/aromatic N) is 2. The second-order valence-electron chi connectivity index (χ2n) is 7.17. The molecule has 2 N–H and O–H groups in total. The van der Waals surface area contributed by atoms with Gasteiger partial charge in [0.2, 0.25) is 17.7 Å². The minimum Gasteiger partial charge on any atom is -0.340 e. The van der Waals surface area contributed by atoms with Crippen LogP contribution in [0.2, 0.25) is 0 Å². The van der Waals surface area contributed by atoms with Gasteiger partial charge in [-0.25, -0.2) is 0 Å². The molecule has 0 spiro atoms. The van der Waals surface area contributed by atoms with Gasteiger partial charge in [0, 0.05) is 19.6 Å². The van der Waals surface area contributed by atoms with E-state index < -0.39 is 0 Å². The predicted octanol–water partition coefficient (Wildman–Crippen LogP) is 1.61. The number of likely N-dealkylation sites (tertiary alicyclic amines) is 1. The minimum atomic E-state index is -0.212. The molecule has 1 heterocycles. The van der Waals surface area contributed by atoms with Crippen molar-refractivity contribution in [2.75, 3.05) is 26.2 Å². The molecular formula is C20H28ClN3O3. The van der Waals surface area contributed by atoms with Gasteiger partial charge in [0.05, 0.1) is 11.8 Å². The Hall–Kier alpha value is -1.92. The summed E-state index contributed by atoms with van der Waals surface area (Å²) in [5.74, 6) is -0.952.